The van der Waals surface area contributed by atoms with Crippen LogP contribution in [-0.2, 0) is 0 Å². The topological polar surface area (TPSA) is 0 Å². The molecule has 0 spiro atoms. The molecular weight excluding hydrogens is 108 g/mol. The van der Waals surface area contributed by atoms with E-state index in [1.165, 1.54) is 0 Å². The number of rotatable bonds is 4. The smallest absolute Gasteiger partial charge is 0.0302 e. The van der Waals surface area contributed by atoms with Crippen molar-refractivity contribution in [2.45, 2.75) is 46.9 Å². The zero-order valence-electron chi connectivity index (χ0n) is 9.99. The summed E-state index contributed by atoms with van der Waals surface area (Å²) >= 11 is 0. The predicted octanol–water partition coefficient (Wildman–Crippen LogP) is 3.47. The van der Waals surface area contributed by atoms with Crippen LogP contribution in [0.1, 0.15) is 51.0 Å². The molecule has 0 heteroatoms. The van der Waals surface area contributed by atoms with Crippen molar-refractivity contribution < 1.29 is 4.11 Å². The molecule has 0 aliphatic rings. The Bertz CT molecular complexity index is 133. The molecule has 0 aromatic heterocycles. The van der Waals surface area contributed by atoms with Gasteiger partial charge in [-0.1, -0.05) is 46.9 Å². The van der Waals surface area contributed by atoms with Crippen LogP contribution in [0.25, 0.3) is 0 Å². The summed E-state index contributed by atoms with van der Waals surface area (Å²) in [5.41, 5.74) is 0. The van der Waals surface area contributed by atoms with Crippen molar-refractivity contribution in [1.29, 1.82) is 0 Å². The zero-order chi connectivity index (χ0) is 9.99. The lowest BCUT2D eigenvalue weighted by Gasteiger charge is -2.13. The molecule has 0 N–H and O–H groups in total. The van der Waals surface area contributed by atoms with Gasteiger partial charge in [0.25, 0.3) is 0 Å². The standard InChI is InChI=1S/C9H20/c1-5-6-7-9(4)8(2)3/h8-9H,5-7H2,1-4H3/i5D2,9D. The SMILES string of the molecule is [2H]C([2H])(C)CCC([2H])(C)C(C)C. The lowest BCUT2D eigenvalue weighted by atomic mass is 9.93. The Labute approximate surface area is 63.9 Å². The Balaban J connectivity index is 3.93. The van der Waals surface area contributed by atoms with E-state index in [4.69, 9.17) is 4.11 Å². The van der Waals surface area contributed by atoms with E-state index in [9.17, 15) is 0 Å². The molecule has 9 heavy (non-hydrogen) atoms. The third-order valence-electron chi connectivity index (χ3n) is 1.75. The molecule has 0 aliphatic heterocycles. The molecule has 1 atom stereocenters. The average molecular weight is 131 g/mol. The van der Waals surface area contributed by atoms with Crippen molar-refractivity contribution in [3.05, 3.63) is 0 Å². The highest BCUT2D eigenvalue weighted by Gasteiger charge is 2.04. The molecule has 0 amide bonds. The highest BCUT2D eigenvalue weighted by molar-refractivity contribution is 4.55. The van der Waals surface area contributed by atoms with Gasteiger partial charge in [-0.25, -0.2) is 0 Å². The summed E-state index contributed by atoms with van der Waals surface area (Å²) in [6.07, 6.45) is -0.0173. The first-order valence-corrected chi connectivity index (χ1v) is 3.65. The third-order valence-corrected chi connectivity index (χ3v) is 1.75. The van der Waals surface area contributed by atoms with Crippen LogP contribution >= 0.6 is 0 Å². The molecule has 1 unspecified atom stereocenters. The lowest BCUT2D eigenvalue weighted by Crippen LogP contribution is -2.02. The highest BCUT2D eigenvalue weighted by atomic mass is 14.1. The van der Waals surface area contributed by atoms with Crippen molar-refractivity contribution in [2.75, 3.05) is 0 Å². The fourth-order valence-electron chi connectivity index (χ4n) is 0.611. The molecular formula is C9H20. The second kappa shape index (κ2) is 4.84. The van der Waals surface area contributed by atoms with E-state index in [1.54, 1.807) is 6.92 Å². The second-order valence-corrected chi connectivity index (χ2v) is 2.85. The predicted molar refractivity (Wildman–Crippen MR) is 43.5 cm³/mol. The van der Waals surface area contributed by atoms with E-state index in [1.807, 2.05) is 20.8 Å². The summed E-state index contributed by atoms with van der Waals surface area (Å²) in [6.45, 7) is 7.48. The molecule has 0 aliphatic carbocycles. The van der Waals surface area contributed by atoms with Crippen LogP contribution in [0.2, 0.25) is 0 Å². The third kappa shape index (κ3) is 4.50. The molecule has 0 fully saturated rings. The summed E-state index contributed by atoms with van der Waals surface area (Å²) < 4.78 is 22.6. The first kappa shape index (κ1) is 4.76. The van der Waals surface area contributed by atoms with Gasteiger partial charge in [-0.3, -0.25) is 0 Å². The first-order chi connectivity index (χ1) is 5.15. The quantitative estimate of drug-likeness (QED) is 0.548. The maximum atomic E-state index is 7.89. The van der Waals surface area contributed by atoms with Crippen molar-refractivity contribution in [1.82, 2.24) is 0 Å². The van der Waals surface area contributed by atoms with Gasteiger partial charge in [0, 0.05) is 4.11 Å². The first-order valence-electron chi connectivity index (χ1n) is 5.15. The van der Waals surface area contributed by atoms with Crippen LogP contribution in [-0.4, -0.2) is 0 Å². The van der Waals surface area contributed by atoms with Gasteiger partial charge in [0.1, 0.15) is 0 Å². The molecule has 0 heterocycles. The Morgan fingerprint density at radius 1 is 1.44 bits per heavy atom. The van der Waals surface area contributed by atoms with Gasteiger partial charge in [-0.15, -0.1) is 0 Å². The van der Waals surface area contributed by atoms with Crippen molar-refractivity contribution >= 4 is 0 Å². The number of hydrogen-bond donors (Lipinski definition) is 0. The minimum Gasteiger partial charge on any atom is -0.0654 e. The summed E-state index contributed by atoms with van der Waals surface area (Å²) in [6, 6.07) is 0. The zero-order valence-corrected chi connectivity index (χ0v) is 6.99. The molecule has 0 radical (unpaired) electrons. The van der Waals surface area contributed by atoms with Gasteiger partial charge in [-0.05, 0) is 11.8 Å². The van der Waals surface area contributed by atoms with Gasteiger partial charge in [-0.2, -0.15) is 0 Å². The van der Waals surface area contributed by atoms with E-state index < -0.39 is 12.3 Å². The summed E-state index contributed by atoms with van der Waals surface area (Å²) in [4.78, 5) is 0. The van der Waals surface area contributed by atoms with Crippen LogP contribution in [0, 0.1) is 11.8 Å². The molecule has 0 aromatic rings. The van der Waals surface area contributed by atoms with Gasteiger partial charge >= 0.3 is 0 Å². The largest absolute Gasteiger partial charge is 0.0654 e. The molecule has 0 saturated carbocycles. The normalized spacial score (nSPS) is 24.3. The van der Waals surface area contributed by atoms with Gasteiger partial charge in [0.05, 0.1) is 0 Å². The van der Waals surface area contributed by atoms with Gasteiger partial charge in [0.15, 0.2) is 0 Å². The average Bonchev–Trinajstić information content (AvgIpc) is 1.82. The van der Waals surface area contributed by atoms with E-state index in [-0.39, 0.29) is 0 Å². The Hall–Kier alpha value is 0. The van der Waals surface area contributed by atoms with Crippen LogP contribution < -0.4 is 0 Å². The lowest BCUT2D eigenvalue weighted by molar-refractivity contribution is 0.381. The number of hydrogen-bond acceptors (Lipinski definition) is 0. The summed E-state index contributed by atoms with van der Waals surface area (Å²) in [5.74, 6) is -0.191. The fourth-order valence-corrected chi connectivity index (χ4v) is 0.611. The molecule has 56 valence electrons. The molecule has 0 saturated heterocycles. The van der Waals surface area contributed by atoms with E-state index in [0.29, 0.717) is 18.8 Å². The highest BCUT2D eigenvalue weighted by Crippen LogP contribution is 2.16. The van der Waals surface area contributed by atoms with Crippen molar-refractivity contribution in [3.8, 4) is 0 Å². The van der Waals surface area contributed by atoms with Crippen LogP contribution in [0.3, 0.4) is 0 Å². The van der Waals surface area contributed by atoms with Crippen LogP contribution in [0.4, 0.5) is 0 Å². The van der Waals surface area contributed by atoms with Crippen LogP contribution in [0.15, 0.2) is 0 Å². The van der Waals surface area contributed by atoms with E-state index in [0.717, 1.165) is 0 Å². The minimum atomic E-state index is -1.13. The van der Waals surface area contributed by atoms with Crippen molar-refractivity contribution in [2.24, 2.45) is 11.8 Å². The Kier molecular flexibility index (Phi) is 2.56. The molecule has 0 nitrogen and oxygen atoms in total. The molecule has 0 aromatic carbocycles. The van der Waals surface area contributed by atoms with E-state index in [2.05, 4.69) is 0 Å². The maximum absolute atomic E-state index is 7.89. The summed E-state index contributed by atoms with van der Waals surface area (Å²) in [7, 11) is 0. The van der Waals surface area contributed by atoms with E-state index >= 15 is 0 Å². The second-order valence-electron chi connectivity index (χ2n) is 2.85. The van der Waals surface area contributed by atoms with Gasteiger partial charge < -0.3 is 0 Å². The van der Waals surface area contributed by atoms with Crippen molar-refractivity contribution in [3.63, 3.8) is 0 Å². The Morgan fingerprint density at radius 2 is 2.00 bits per heavy atom. The Morgan fingerprint density at radius 3 is 2.33 bits per heavy atom. The molecule has 0 rings (SSSR count). The molecule has 0 bridgehead atoms. The summed E-state index contributed by atoms with van der Waals surface area (Å²) in [5, 5.41) is 0. The van der Waals surface area contributed by atoms with Crippen LogP contribution in [0.5, 0.6) is 0 Å². The van der Waals surface area contributed by atoms with Gasteiger partial charge in [0.2, 0.25) is 0 Å². The minimum absolute atomic E-state index is 0.292. The monoisotopic (exact) mass is 131 g/mol. The fraction of sp³-hybridized carbons (Fsp3) is 1.00. The maximum Gasteiger partial charge on any atom is 0.0302 e.